The van der Waals surface area contributed by atoms with Gasteiger partial charge in [0.15, 0.2) is 0 Å². The number of sulfonamides is 1. The third-order valence-corrected chi connectivity index (χ3v) is 4.58. The van der Waals surface area contributed by atoms with Crippen LogP contribution in [-0.2, 0) is 14.8 Å². The van der Waals surface area contributed by atoms with Crippen LogP contribution < -0.4 is 10.0 Å². The molecule has 6 heteroatoms. The number of amides is 1. The van der Waals surface area contributed by atoms with Crippen molar-refractivity contribution < 1.29 is 13.2 Å². The lowest BCUT2D eigenvalue weighted by molar-refractivity contribution is -0.121. The van der Waals surface area contributed by atoms with Gasteiger partial charge in [-0.2, -0.15) is 0 Å². The molecule has 0 atom stereocenters. The summed E-state index contributed by atoms with van der Waals surface area (Å²) in [5, 5.41) is 2.93. The predicted octanol–water partition coefficient (Wildman–Crippen LogP) is 1.98. The van der Waals surface area contributed by atoms with E-state index in [-0.39, 0.29) is 11.8 Å². The molecule has 1 aromatic rings. The highest BCUT2D eigenvalue weighted by atomic mass is 32.2. The molecule has 21 heavy (non-hydrogen) atoms. The van der Waals surface area contributed by atoms with Crippen LogP contribution in [0.3, 0.4) is 0 Å². The maximum Gasteiger partial charge on any atom is 0.227 e. The van der Waals surface area contributed by atoms with Gasteiger partial charge in [-0.3, -0.25) is 4.79 Å². The number of carbonyl (C=O) groups is 1. The molecule has 0 saturated heterocycles. The van der Waals surface area contributed by atoms with Crippen molar-refractivity contribution in [2.45, 2.75) is 25.7 Å². The van der Waals surface area contributed by atoms with E-state index in [1.807, 2.05) is 30.3 Å². The number of nitrogens with one attached hydrogen (secondary N) is 2. The van der Waals surface area contributed by atoms with Gasteiger partial charge in [0.25, 0.3) is 0 Å². The first kappa shape index (κ1) is 16.0. The molecular weight excluding hydrogens is 288 g/mol. The maximum absolute atomic E-state index is 12.2. The quantitative estimate of drug-likeness (QED) is 0.873. The van der Waals surface area contributed by atoms with Crippen molar-refractivity contribution in [2.24, 2.45) is 11.8 Å². The van der Waals surface area contributed by atoms with Gasteiger partial charge in [-0.15, -0.1) is 0 Å². The van der Waals surface area contributed by atoms with E-state index in [0.717, 1.165) is 31.4 Å². The molecule has 1 saturated carbocycles. The second-order valence-corrected chi connectivity index (χ2v) is 7.53. The number of hydrogen-bond acceptors (Lipinski definition) is 3. The molecule has 5 nitrogen and oxygen atoms in total. The normalized spacial score (nSPS) is 22.7. The lowest BCUT2D eigenvalue weighted by atomic mass is 9.81. The number of benzene rings is 1. The standard InChI is InChI=1S/C15H22N2O3S/c1-21(19,20)16-11-12-7-9-13(10-8-12)15(18)17-14-5-3-2-4-6-14/h2-6,12-13,16H,7-11H2,1H3,(H,17,18). The van der Waals surface area contributed by atoms with Crippen LogP contribution in [0, 0.1) is 11.8 Å². The zero-order valence-electron chi connectivity index (χ0n) is 12.2. The molecule has 1 aromatic carbocycles. The van der Waals surface area contributed by atoms with E-state index in [1.54, 1.807) is 0 Å². The van der Waals surface area contributed by atoms with E-state index in [0.29, 0.717) is 12.5 Å². The summed E-state index contributed by atoms with van der Waals surface area (Å²) in [5.74, 6) is 0.427. The Morgan fingerprint density at radius 1 is 1.14 bits per heavy atom. The van der Waals surface area contributed by atoms with Gasteiger partial charge in [0.05, 0.1) is 6.26 Å². The van der Waals surface area contributed by atoms with Crippen LogP contribution >= 0.6 is 0 Å². The Hall–Kier alpha value is -1.40. The van der Waals surface area contributed by atoms with Gasteiger partial charge in [-0.25, -0.2) is 13.1 Å². The van der Waals surface area contributed by atoms with Crippen molar-refractivity contribution in [3.05, 3.63) is 30.3 Å². The minimum atomic E-state index is -3.12. The van der Waals surface area contributed by atoms with Crippen LogP contribution in [0.25, 0.3) is 0 Å². The Bertz CT molecular complexity index is 564. The summed E-state index contributed by atoms with van der Waals surface area (Å²) in [4.78, 5) is 12.2. The Labute approximate surface area is 126 Å². The third kappa shape index (κ3) is 5.47. The SMILES string of the molecule is CS(=O)(=O)NCC1CCC(C(=O)Nc2ccccc2)CC1. The van der Waals surface area contributed by atoms with E-state index in [4.69, 9.17) is 0 Å². The van der Waals surface area contributed by atoms with Crippen molar-refractivity contribution in [3.8, 4) is 0 Å². The molecule has 1 amide bonds. The summed E-state index contributed by atoms with van der Waals surface area (Å²) in [5.41, 5.74) is 0.823. The molecule has 116 valence electrons. The van der Waals surface area contributed by atoms with Crippen molar-refractivity contribution >= 4 is 21.6 Å². The smallest absolute Gasteiger partial charge is 0.227 e. The third-order valence-electron chi connectivity index (χ3n) is 3.89. The Morgan fingerprint density at radius 2 is 1.76 bits per heavy atom. The van der Waals surface area contributed by atoms with E-state index in [2.05, 4.69) is 10.0 Å². The maximum atomic E-state index is 12.2. The summed E-state index contributed by atoms with van der Waals surface area (Å²) < 4.78 is 24.7. The molecule has 0 heterocycles. The summed E-state index contributed by atoms with van der Waals surface area (Å²) in [7, 11) is -3.12. The van der Waals surface area contributed by atoms with Gasteiger partial charge in [0.2, 0.25) is 15.9 Å². The van der Waals surface area contributed by atoms with E-state index >= 15 is 0 Å². The van der Waals surface area contributed by atoms with Crippen LogP contribution in [0.2, 0.25) is 0 Å². The van der Waals surface area contributed by atoms with Crippen LogP contribution in [-0.4, -0.2) is 27.1 Å². The number of carbonyl (C=O) groups excluding carboxylic acids is 1. The van der Waals surface area contributed by atoms with Crippen molar-refractivity contribution in [1.29, 1.82) is 0 Å². The van der Waals surface area contributed by atoms with Gasteiger partial charge >= 0.3 is 0 Å². The van der Waals surface area contributed by atoms with Crippen LogP contribution in [0.5, 0.6) is 0 Å². The minimum Gasteiger partial charge on any atom is -0.326 e. The summed E-state index contributed by atoms with van der Waals surface area (Å²) >= 11 is 0. The molecule has 1 aliphatic rings. The fourth-order valence-electron chi connectivity index (χ4n) is 2.66. The lowest BCUT2D eigenvalue weighted by Crippen LogP contribution is -2.33. The van der Waals surface area contributed by atoms with Crippen LogP contribution in [0.1, 0.15) is 25.7 Å². The van der Waals surface area contributed by atoms with Crippen molar-refractivity contribution in [2.75, 3.05) is 18.1 Å². The van der Waals surface area contributed by atoms with Crippen LogP contribution in [0.15, 0.2) is 30.3 Å². The molecule has 0 aliphatic heterocycles. The zero-order valence-corrected chi connectivity index (χ0v) is 13.0. The molecule has 0 unspecified atom stereocenters. The predicted molar refractivity (Wildman–Crippen MR) is 83.4 cm³/mol. The second kappa shape index (κ2) is 7.04. The molecule has 1 aliphatic carbocycles. The number of rotatable bonds is 5. The molecular formula is C15H22N2O3S. The molecule has 1 fully saturated rings. The molecule has 0 bridgehead atoms. The van der Waals surface area contributed by atoms with E-state index in [1.165, 1.54) is 6.26 Å². The van der Waals surface area contributed by atoms with E-state index < -0.39 is 10.0 Å². The van der Waals surface area contributed by atoms with Crippen molar-refractivity contribution in [1.82, 2.24) is 4.72 Å². The first-order valence-corrected chi connectivity index (χ1v) is 9.14. The van der Waals surface area contributed by atoms with Gasteiger partial charge in [-0.1, -0.05) is 18.2 Å². The Balaban J connectivity index is 1.77. The Kier molecular flexibility index (Phi) is 5.36. The molecule has 2 N–H and O–H groups in total. The fraction of sp³-hybridized carbons (Fsp3) is 0.533. The average molecular weight is 310 g/mol. The number of para-hydroxylation sites is 1. The monoisotopic (exact) mass is 310 g/mol. The molecule has 0 aromatic heterocycles. The highest BCUT2D eigenvalue weighted by Crippen LogP contribution is 2.29. The van der Waals surface area contributed by atoms with Gasteiger partial charge in [-0.05, 0) is 43.7 Å². The minimum absolute atomic E-state index is 0.0275. The number of anilines is 1. The second-order valence-electron chi connectivity index (χ2n) is 5.69. The molecule has 2 rings (SSSR count). The average Bonchev–Trinajstić information content (AvgIpc) is 2.46. The largest absolute Gasteiger partial charge is 0.326 e. The van der Waals surface area contributed by atoms with Crippen molar-refractivity contribution in [3.63, 3.8) is 0 Å². The highest BCUT2D eigenvalue weighted by Gasteiger charge is 2.26. The molecule has 0 radical (unpaired) electrons. The molecule has 0 spiro atoms. The Morgan fingerprint density at radius 3 is 2.33 bits per heavy atom. The highest BCUT2D eigenvalue weighted by molar-refractivity contribution is 7.88. The fourth-order valence-corrected chi connectivity index (χ4v) is 3.20. The summed E-state index contributed by atoms with van der Waals surface area (Å²) in [6, 6.07) is 9.45. The first-order valence-electron chi connectivity index (χ1n) is 7.24. The van der Waals surface area contributed by atoms with E-state index in [9.17, 15) is 13.2 Å². The summed E-state index contributed by atoms with van der Waals surface area (Å²) in [6.07, 6.45) is 4.57. The van der Waals surface area contributed by atoms with Gasteiger partial charge in [0, 0.05) is 18.2 Å². The van der Waals surface area contributed by atoms with Gasteiger partial charge in [0.1, 0.15) is 0 Å². The zero-order chi connectivity index (χ0) is 15.3. The topological polar surface area (TPSA) is 75.3 Å². The first-order chi connectivity index (χ1) is 9.94. The number of hydrogen-bond donors (Lipinski definition) is 2. The lowest BCUT2D eigenvalue weighted by Gasteiger charge is -2.27. The van der Waals surface area contributed by atoms with Gasteiger partial charge < -0.3 is 5.32 Å². The van der Waals surface area contributed by atoms with Crippen LogP contribution in [0.4, 0.5) is 5.69 Å². The summed E-state index contributed by atoms with van der Waals surface area (Å²) in [6.45, 7) is 0.478.